The Kier molecular flexibility index (Phi) is 12.5. The van der Waals surface area contributed by atoms with Crippen LogP contribution < -0.4 is 16.0 Å². The highest BCUT2D eigenvalue weighted by atomic mass is 16.5. The van der Waals surface area contributed by atoms with Crippen molar-refractivity contribution in [3.8, 4) is 0 Å². The Morgan fingerprint density at radius 1 is 1.09 bits per heavy atom. The van der Waals surface area contributed by atoms with E-state index in [1.54, 1.807) is 7.05 Å². The minimum atomic E-state index is -0.732. The monoisotopic (exact) mass is 324 g/mol. The van der Waals surface area contributed by atoms with Gasteiger partial charge in [-0.25, -0.2) is 4.79 Å². The standard InChI is InChI=1S/C11H14N2O3.C5H14N2/c1-12-7-10(14)13-11(15)16-8-9-5-3-2-4-6-9;1-6-4-5-7(2)3/h2-6,12H,7-8H2,1H3,(H,13,14,15);6H,4-5H2,1-3H3. The molecule has 7 nitrogen and oxygen atoms in total. The topological polar surface area (TPSA) is 82.7 Å². The van der Waals surface area contributed by atoms with Crippen molar-refractivity contribution < 1.29 is 14.3 Å². The molecular formula is C16H28N4O3. The number of carbonyl (C=O) groups excluding carboxylic acids is 2. The first-order valence-corrected chi connectivity index (χ1v) is 7.44. The summed E-state index contributed by atoms with van der Waals surface area (Å²) in [5.41, 5.74) is 0.874. The normalized spacial score (nSPS) is 9.78. The molecule has 1 rings (SSSR count). The van der Waals surface area contributed by atoms with Gasteiger partial charge in [0.05, 0.1) is 6.54 Å². The number of benzene rings is 1. The number of nitrogens with one attached hydrogen (secondary N) is 3. The average Bonchev–Trinajstić information content (AvgIpc) is 2.52. The summed E-state index contributed by atoms with van der Waals surface area (Å²) < 4.78 is 4.85. The van der Waals surface area contributed by atoms with Gasteiger partial charge in [-0.05, 0) is 33.8 Å². The van der Waals surface area contributed by atoms with E-state index in [2.05, 4.69) is 34.9 Å². The zero-order valence-corrected chi connectivity index (χ0v) is 14.4. The van der Waals surface area contributed by atoms with Crippen LogP contribution in [0.2, 0.25) is 0 Å². The van der Waals surface area contributed by atoms with Gasteiger partial charge in [0.2, 0.25) is 5.91 Å². The maximum atomic E-state index is 11.1. The van der Waals surface area contributed by atoms with Crippen LogP contribution in [0.3, 0.4) is 0 Å². The average molecular weight is 324 g/mol. The highest BCUT2D eigenvalue weighted by molar-refractivity contribution is 5.92. The van der Waals surface area contributed by atoms with Crippen LogP contribution in [0.25, 0.3) is 0 Å². The number of alkyl carbamates (subject to hydrolysis) is 1. The summed E-state index contributed by atoms with van der Waals surface area (Å²) in [5, 5.41) is 7.77. The molecule has 1 aromatic rings. The van der Waals surface area contributed by atoms with Gasteiger partial charge in [-0.2, -0.15) is 0 Å². The van der Waals surface area contributed by atoms with Crippen molar-refractivity contribution in [1.29, 1.82) is 0 Å². The van der Waals surface area contributed by atoms with E-state index in [4.69, 9.17) is 4.74 Å². The Morgan fingerprint density at radius 3 is 2.22 bits per heavy atom. The molecule has 0 unspecified atom stereocenters. The first kappa shape index (κ1) is 21.0. The van der Waals surface area contributed by atoms with Crippen LogP contribution in [0.15, 0.2) is 30.3 Å². The summed E-state index contributed by atoms with van der Waals surface area (Å²) in [5.74, 6) is -0.416. The predicted molar refractivity (Wildman–Crippen MR) is 91.2 cm³/mol. The second kappa shape index (κ2) is 13.7. The smallest absolute Gasteiger partial charge is 0.414 e. The van der Waals surface area contributed by atoms with Crippen LogP contribution in [0, 0.1) is 0 Å². The number of amides is 2. The van der Waals surface area contributed by atoms with Gasteiger partial charge in [-0.3, -0.25) is 10.1 Å². The van der Waals surface area contributed by atoms with Crippen LogP contribution in [-0.4, -0.2) is 64.7 Å². The summed E-state index contributed by atoms with van der Waals surface area (Å²) in [6.07, 6.45) is -0.732. The van der Waals surface area contributed by atoms with E-state index in [1.165, 1.54) is 0 Å². The molecule has 130 valence electrons. The number of ether oxygens (including phenoxy) is 1. The van der Waals surface area contributed by atoms with Crippen LogP contribution in [0.1, 0.15) is 5.56 Å². The minimum Gasteiger partial charge on any atom is -0.444 e. The molecule has 0 saturated carbocycles. The van der Waals surface area contributed by atoms with Crippen LogP contribution >= 0.6 is 0 Å². The van der Waals surface area contributed by atoms with E-state index in [0.29, 0.717) is 0 Å². The van der Waals surface area contributed by atoms with Crippen LogP contribution in [-0.2, 0) is 16.1 Å². The number of rotatable bonds is 7. The van der Waals surface area contributed by atoms with Crippen LogP contribution in [0.4, 0.5) is 4.79 Å². The summed E-state index contributed by atoms with van der Waals surface area (Å²) in [6.45, 7) is 2.43. The van der Waals surface area contributed by atoms with Gasteiger partial charge in [0.25, 0.3) is 0 Å². The first-order valence-electron chi connectivity index (χ1n) is 7.44. The van der Waals surface area contributed by atoms with Crippen molar-refractivity contribution >= 4 is 12.0 Å². The fourth-order valence-electron chi connectivity index (χ4n) is 1.41. The fraction of sp³-hybridized carbons (Fsp3) is 0.500. The minimum absolute atomic E-state index is 0.0838. The second-order valence-corrected chi connectivity index (χ2v) is 5.05. The van der Waals surface area contributed by atoms with Gasteiger partial charge >= 0.3 is 6.09 Å². The van der Waals surface area contributed by atoms with Crippen molar-refractivity contribution in [2.45, 2.75) is 6.61 Å². The van der Waals surface area contributed by atoms with E-state index in [1.807, 2.05) is 37.4 Å². The lowest BCUT2D eigenvalue weighted by Crippen LogP contribution is -2.36. The molecule has 0 saturated heterocycles. The molecule has 2 amide bonds. The molecular weight excluding hydrogens is 296 g/mol. The molecule has 0 fully saturated rings. The molecule has 7 heteroatoms. The fourth-order valence-corrected chi connectivity index (χ4v) is 1.41. The molecule has 0 aliphatic rings. The lowest BCUT2D eigenvalue weighted by atomic mass is 10.2. The Labute approximate surface area is 138 Å². The molecule has 0 spiro atoms. The van der Waals surface area contributed by atoms with Crippen molar-refractivity contribution in [2.24, 2.45) is 0 Å². The summed E-state index contributed by atoms with van der Waals surface area (Å²) in [6, 6.07) is 9.25. The summed E-state index contributed by atoms with van der Waals surface area (Å²) >= 11 is 0. The summed E-state index contributed by atoms with van der Waals surface area (Å²) in [4.78, 5) is 24.3. The number of nitrogens with zero attached hydrogens (tertiary/aromatic N) is 1. The lowest BCUT2D eigenvalue weighted by molar-refractivity contribution is -0.119. The zero-order chi connectivity index (χ0) is 17.5. The zero-order valence-electron chi connectivity index (χ0n) is 14.4. The van der Waals surface area contributed by atoms with Gasteiger partial charge in [-0.1, -0.05) is 30.3 Å². The Bertz CT molecular complexity index is 438. The van der Waals surface area contributed by atoms with Gasteiger partial charge < -0.3 is 20.3 Å². The number of likely N-dealkylation sites (N-methyl/N-ethyl adjacent to an activating group) is 3. The van der Waals surface area contributed by atoms with Gasteiger partial charge in [0, 0.05) is 13.1 Å². The van der Waals surface area contributed by atoms with E-state index >= 15 is 0 Å². The summed E-state index contributed by atoms with van der Waals surface area (Å²) in [7, 11) is 7.72. The molecule has 0 radical (unpaired) electrons. The molecule has 3 N–H and O–H groups in total. The number of imide groups is 1. The molecule has 0 heterocycles. The second-order valence-electron chi connectivity index (χ2n) is 5.05. The molecule has 0 aromatic heterocycles. The third-order valence-corrected chi connectivity index (χ3v) is 2.60. The number of hydrogen-bond donors (Lipinski definition) is 3. The maximum Gasteiger partial charge on any atom is 0.414 e. The number of hydrogen-bond acceptors (Lipinski definition) is 6. The van der Waals surface area contributed by atoms with Crippen molar-refractivity contribution in [3.05, 3.63) is 35.9 Å². The Balaban J connectivity index is 0.000000585. The molecule has 1 aromatic carbocycles. The van der Waals surface area contributed by atoms with Gasteiger partial charge in [0.15, 0.2) is 0 Å². The molecule has 0 aliphatic heterocycles. The largest absolute Gasteiger partial charge is 0.444 e. The third kappa shape index (κ3) is 13.4. The number of carbonyl (C=O) groups is 2. The first-order chi connectivity index (χ1) is 11.0. The molecule has 23 heavy (non-hydrogen) atoms. The van der Waals surface area contributed by atoms with Crippen molar-refractivity contribution in [3.63, 3.8) is 0 Å². The van der Waals surface area contributed by atoms with Crippen LogP contribution in [0.5, 0.6) is 0 Å². The van der Waals surface area contributed by atoms with E-state index in [9.17, 15) is 9.59 Å². The quantitative estimate of drug-likeness (QED) is 0.675. The highest BCUT2D eigenvalue weighted by Crippen LogP contribution is 2.00. The lowest BCUT2D eigenvalue weighted by Gasteiger charge is -2.06. The Morgan fingerprint density at radius 2 is 1.74 bits per heavy atom. The van der Waals surface area contributed by atoms with Gasteiger partial charge in [-0.15, -0.1) is 0 Å². The van der Waals surface area contributed by atoms with Gasteiger partial charge in [0.1, 0.15) is 6.61 Å². The molecule has 0 bridgehead atoms. The SMILES string of the molecule is CNCC(=O)NC(=O)OCc1ccccc1.CNCCN(C)C. The molecule has 0 aliphatic carbocycles. The highest BCUT2D eigenvalue weighted by Gasteiger charge is 2.07. The van der Waals surface area contributed by atoms with E-state index < -0.39 is 12.0 Å². The third-order valence-electron chi connectivity index (χ3n) is 2.60. The van der Waals surface area contributed by atoms with E-state index in [-0.39, 0.29) is 13.2 Å². The predicted octanol–water partition coefficient (Wildman–Crippen LogP) is 0.426. The van der Waals surface area contributed by atoms with Crippen molar-refractivity contribution in [1.82, 2.24) is 20.9 Å². The molecule has 0 atom stereocenters. The Hall–Kier alpha value is -1.96. The maximum absolute atomic E-state index is 11.1. The van der Waals surface area contributed by atoms with Crippen molar-refractivity contribution in [2.75, 3.05) is 47.8 Å². The van der Waals surface area contributed by atoms with E-state index in [0.717, 1.165) is 18.7 Å².